The second-order valence-corrected chi connectivity index (χ2v) is 2.65. The Hall–Kier alpha value is 1.07. The molecule has 0 saturated heterocycles. The van der Waals surface area contributed by atoms with Crippen LogP contribution in [-0.2, 0) is 19.2 Å². The second-order valence-electron chi connectivity index (χ2n) is 2.65. The van der Waals surface area contributed by atoms with E-state index in [0.29, 0.717) is 13.1 Å². The van der Waals surface area contributed by atoms with Crippen molar-refractivity contribution in [1.29, 1.82) is 0 Å². The van der Waals surface area contributed by atoms with Gasteiger partial charge in [0.2, 0.25) is 0 Å². The van der Waals surface area contributed by atoms with Crippen LogP contribution in [0.1, 0.15) is 30.5 Å². The van der Waals surface area contributed by atoms with Crippen LogP contribution in [0.2, 0.25) is 0 Å². The van der Waals surface area contributed by atoms with Crippen molar-refractivity contribution in [3.05, 3.63) is 0 Å². The average molecular weight is 383 g/mol. The van der Waals surface area contributed by atoms with Gasteiger partial charge in [0.1, 0.15) is 0 Å². The second kappa shape index (κ2) is 43.1. The van der Waals surface area contributed by atoms with E-state index < -0.39 is 23.9 Å². The van der Waals surface area contributed by atoms with E-state index in [2.05, 4.69) is 0 Å². The van der Waals surface area contributed by atoms with Crippen LogP contribution in [0.5, 0.6) is 0 Å². The summed E-state index contributed by atoms with van der Waals surface area (Å²) >= 11 is 0. The molecule has 0 unspecified atom stereocenters. The third-order valence-electron chi connectivity index (χ3n) is 0.167. The van der Waals surface area contributed by atoms with Crippen molar-refractivity contribution in [2.75, 3.05) is 13.1 Å². The summed E-state index contributed by atoms with van der Waals surface area (Å²) < 4.78 is 0. The summed E-state index contributed by atoms with van der Waals surface area (Å²) in [5.74, 6) is -3.33. The summed E-state index contributed by atoms with van der Waals surface area (Å²) in [5, 5.41) is 29.7. The van der Waals surface area contributed by atoms with Gasteiger partial charge >= 0.3 is 106 Å². The van der Waals surface area contributed by atoms with Crippen LogP contribution in [0, 0.1) is 0 Å². The molecule has 0 saturated carbocycles. The Balaban J connectivity index is -0.0000000161. The standard InChI is InChI=1S/C2H8N2.4C2H4O2.2K.2H/c3-1-2-4;4*1-2(3)4;;;;/h1-4H2;4*1H3,(H,3,4);;;;/p+2. The van der Waals surface area contributed by atoms with E-state index in [1.807, 2.05) is 0 Å². The van der Waals surface area contributed by atoms with Crippen molar-refractivity contribution in [1.82, 2.24) is 0 Å². The van der Waals surface area contributed by atoms with Gasteiger partial charge in [0.15, 0.2) is 0 Å². The number of carboxylic acids is 4. The van der Waals surface area contributed by atoms with Crippen molar-refractivity contribution in [3.8, 4) is 0 Å². The number of carbonyl (C=O) groups is 4. The van der Waals surface area contributed by atoms with Crippen molar-refractivity contribution >= 4 is 127 Å². The molecule has 0 fully saturated rings. The van der Waals surface area contributed by atoms with Crippen LogP contribution in [-0.4, -0.2) is 160 Å². The predicted molar refractivity (Wildman–Crippen MR) is 87.9 cm³/mol. The van der Waals surface area contributed by atoms with Crippen LogP contribution in [0.4, 0.5) is 0 Å². The summed E-state index contributed by atoms with van der Waals surface area (Å²) in [6, 6.07) is 0. The van der Waals surface area contributed by atoms with Crippen molar-refractivity contribution < 1.29 is 42.5 Å². The van der Waals surface area contributed by atoms with E-state index in [-0.39, 0.29) is 106 Å². The minimum atomic E-state index is -0.833. The summed E-state index contributed by atoms with van der Waals surface area (Å²) in [7, 11) is 0. The Morgan fingerprint density at radius 3 is 0.682 bits per heavy atom. The summed E-state index contributed by atoms with van der Waals surface area (Å²) in [5.41, 5.74) is 9.81. The Morgan fingerprint density at radius 1 is 0.636 bits per heavy atom. The Morgan fingerprint density at radius 2 is 0.682 bits per heavy atom. The fraction of sp³-hybridized carbons (Fsp3) is 0.600. The fourth-order valence-corrected chi connectivity index (χ4v) is 0. The SMILES string of the molecule is CC(=O)O.CC(=O)O.CC(=O)O.CC(=O)O.NCCN.[H+].[H+].[KH].[KH]. The maximum absolute atomic E-state index is 9.00. The van der Waals surface area contributed by atoms with Crippen LogP contribution in [0.25, 0.3) is 0 Å². The first-order valence-corrected chi connectivity index (χ1v) is 5.03. The molecule has 0 rings (SSSR count). The number of nitrogens with two attached hydrogens (primary N) is 2. The molecule has 0 aromatic heterocycles. The molecule has 0 atom stereocenters. The number of hydrogen-bond acceptors (Lipinski definition) is 6. The number of carboxylic acid groups (broad SMARTS) is 4. The molecular weight excluding hydrogens is 354 g/mol. The van der Waals surface area contributed by atoms with Gasteiger partial charge in [-0.2, -0.15) is 0 Å². The molecule has 12 heteroatoms. The van der Waals surface area contributed by atoms with Gasteiger partial charge in [-0.15, -0.1) is 0 Å². The normalized spacial score (nSPS) is 5.91. The van der Waals surface area contributed by atoms with E-state index in [4.69, 9.17) is 51.1 Å². The zero-order valence-electron chi connectivity index (χ0n) is 14.0. The molecule has 22 heavy (non-hydrogen) atoms. The van der Waals surface area contributed by atoms with E-state index in [0.717, 1.165) is 27.7 Å². The molecule has 0 aliphatic heterocycles. The van der Waals surface area contributed by atoms with Gasteiger partial charge in [-0.05, 0) is 0 Å². The Labute approximate surface area is 217 Å². The van der Waals surface area contributed by atoms with E-state index in [1.54, 1.807) is 0 Å². The third-order valence-corrected chi connectivity index (χ3v) is 0.167. The molecule has 8 N–H and O–H groups in total. The van der Waals surface area contributed by atoms with Gasteiger partial charge in [-0.1, -0.05) is 0 Å². The summed E-state index contributed by atoms with van der Waals surface area (Å²) in [6.07, 6.45) is 0. The van der Waals surface area contributed by atoms with E-state index >= 15 is 0 Å². The first-order valence-electron chi connectivity index (χ1n) is 5.03. The molecule has 0 aliphatic rings. The molecule has 0 aliphatic carbocycles. The molecule has 0 heterocycles. The topological polar surface area (TPSA) is 201 Å². The van der Waals surface area contributed by atoms with Crippen molar-refractivity contribution in [2.45, 2.75) is 27.7 Å². The van der Waals surface area contributed by atoms with Crippen LogP contribution in [0.3, 0.4) is 0 Å². The molecule has 0 amide bonds. The summed E-state index contributed by atoms with van der Waals surface area (Å²) in [4.78, 5) is 36.0. The zero-order valence-corrected chi connectivity index (χ0v) is 12.0. The first-order chi connectivity index (χ1) is 8.84. The number of aliphatic carboxylic acids is 4. The first kappa shape index (κ1) is 43.5. The Bertz CT molecular complexity index is 209. The van der Waals surface area contributed by atoms with Crippen LogP contribution < -0.4 is 11.5 Å². The molecule has 10 nitrogen and oxygen atoms in total. The molecule has 0 aromatic rings. The van der Waals surface area contributed by atoms with Crippen LogP contribution in [0.15, 0.2) is 0 Å². The Kier molecular flexibility index (Phi) is 85.3. The van der Waals surface area contributed by atoms with Gasteiger partial charge in [-0.25, -0.2) is 0 Å². The van der Waals surface area contributed by atoms with E-state index in [1.165, 1.54) is 0 Å². The molecule has 0 spiro atoms. The number of rotatable bonds is 1. The van der Waals surface area contributed by atoms with Crippen molar-refractivity contribution in [3.63, 3.8) is 0 Å². The molecule has 0 radical (unpaired) electrons. The molecular formula is C10H28K2N2O8+2. The zero-order chi connectivity index (χ0) is 17.7. The van der Waals surface area contributed by atoms with Gasteiger partial charge in [-0.3, -0.25) is 19.2 Å². The minimum absolute atomic E-state index is 0. The van der Waals surface area contributed by atoms with E-state index in [9.17, 15) is 0 Å². The van der Waals surface area contributed by atoms with Gasteiger partial charge < -0.3 is 31.9 Å². The maximum atomic E-state index is 9.00. The molecule has 0 bridgehead atoms. The third kappa shape index (κ3) is 1980. The monoisotopic (exact) mass is 382 g/mol. The summed E-state index contributed by atoms with van der Waals surface area (Å²) in [6.45, 7) is 5.53. The molecule has 0 aromatic carbocycles. The molecule has 126 valence electrons. The number of hydrogen-bond donors (Lipinski definition) is 6. The quantitative estimate of drug-likeness (QED) is 0.281. The predicted octanol–water partition coefficient (Wildman–Crippen LogP) is -1.80. The van der Waals surface area contributed by atoms with Gasteiger partial charge in [0.25, 0.3) is 23.9 Å². The van der Waals surface area contributed by atoms with Crippen LogP contribution >= 0.6 is 0 Å². The van der Waals surface area contributed by atoms with Gasteiger partial charge in [0, 0.05) is 40.8 Å². The van der Waals surface area contributed by atoms with Gasteiger partial charge in [0.05, 0.1) is 0 Å². The average Bonchev–Trinajstić information content (AvgIpc) is 2.13. The fourth-order valence-electron chi connectivity index (χ4n) is 0. The van der Waals surface area contributed by atoms with Crippen molar-refractivity contribution in [2.24, 2.45) is 11.5 Å².